The van der Waals surface area contributed by atoms with E-state index in [1.54, 1.807) is 7.11 Å². The predicted molar refractivity (Wildman–Crippen MR) is 59.4 cm³/mol. The fourth-order valence-corrected chi connectivity index (χ4v) is 2.34. The van der Waals surface area contributed by atoms with Crippen LogP contribution in [0.1, 0.15) is 18.4 Å². The summed E-state index contributed by atoms with van der Waals surface area (Å²) in [6.07, 6.45) is 5.75. The van der Waals surface area contributed by atoms with E-state index in [-0.39, 0.29) is 0 Å². The molecule has 1 aromatic heterocycles. The van der Waals surface area contributed by atoms with Crippen LogP contribution >= 0.6 is 0 Å². The highest BCUT2D eigenvalue weighted by Gasteiger charge is 2.29. The van der Waals surface area contributed by atoms with Gasteiger partial charge in [-0.3, -0.25) is 0 Å². The molecule has 2 aliphatic rings. The molecule has 0 unspecified atom stereocenters. The molecule has 0 N–H and O–H groups in total. The molecule has 3 heteroatoms. The Balaban J connectivity index is 1.88. The molecule has 1 fully saturated rings. The van der Waals surface area contributed by atoms with Crippen LogP contribution in [0.4, 0.5) is 5.69 Å². The van der Waals surface area contributed by atoms with E-state index in [0.717, 1.165) is 24.8 Å². The first kappa shape index (κ1) is 9.01. The minimum absolute atomic E-state index is 0.811. The van der Waals surface area contributed by atoms with Crippen molar-refractivity contribution in [2.45, 2.75) is 19.3 Å². The summed E-state index contributed by atoms with van der Waals surface area (Å²) in [6.45, 7) is 2.36. The third kappa shape index (κ3) is 1.56. The third-order valence-corrected chi connectivity index (χ3v) is 3.33. The maximum atomic E-state index is 5.29. The van der Waals surface area contributed by atoms with Gasteiger partial charge in [-0.25, -0.2) is 4.98 Å². The number of methoxy groups -OCH3 is 1. The molecule has 80 valence electrons. The molecule has 0 aromatic carbocycles. The van der Waals surface area contributed by atoms with Crippen molar-refractivity contribution in [2.24, 2.45) is 5.92 Å². The summed E-state index contributed by atoms with van der Waals surface area (Å²) in [5.74, 6) is 1.75. The molecule has 3 rings (SSSR count). The minimum atomic E-state index is 0.811. The first-order valence-corrected chi connectivity index (χ1v) is 5.65. The van der Waals surface area contributed by atoms with E-state index in [0.29, 0.717) is 0 Å². The average Bonchev–Trinajstić information content (AvgIpc) is 2.99. The second-order valence-electron chi connectivity index (χ2n) is 4.46. The molecule has 1 aromatic rings. The molecule has 0 radical (unpaired) electrons. The van der Waals surface area contributed by atoms with Gasteiger partial charge in [-0.15, -0.1) is 0 Å². The van der Waals surface area contributed by atoms with Gasteiger partial charge in [0.1, 0.15) is 0 Å². The van der Waals surface area contributed by atoms with Gasteiger partial charge in [0.2, 0.25) is 5.88 Å². The highest BCUT2D eigenvalue weighted by molar-refractivity contribution is 5.61. The van der Waals surface area contributed by atoms with Crippen LogP contribution in [-0.4, -0.2) is 25.2 Å². The molecule has 1 saturated carbocycles. The first-order valence-electron chi connectivity index (χ1n) is 5.65. The highest BCUT2D eigenvalue weighted by Crippen LogP contribution is 2.37. The van der Waals surface area contributed by atoms with Gasteiger partial charge in [0.15, 0.2) is 0 Å². The Morgan fingerprint density at radius 1 is 1.53 bits per heavy atom. The summed E-state index contributed by atoms with van der Waals surface area (Å²) in [5.41, 5.74) is 2.63. The van der Waals surface area contributed by atoms with E-state index in [4.69, 9.17) is 4.74 Å². The summed E-state index contributed by atoms with van der Waals surface area (Å²) in [6, 6.07) is 2.12. The number of nitrogens with zero attached hydrogens (tertiary/aromatic N) is 2. The quantitative estimate of drug-likeness (QED) is 0.751. The second kappa shape index (κ2) is 3.40. The standard InChI is InChI=1S/C12H16N2O/c1-15-12-10-5-7-14(8-9-2-3-9)11(10)4-6-13-12/h4,6,9H,2-3,5,7-8H2,1H3. The molecule has 1 aliphatic heterocycles. The summed E-state index contributed by atoms with van der Waals surface area (Å²) in [4.78, 5) is 6.73. The van der Waals surface area contributed by atoms with Crippen LogP contribution in [-0.2, 0) is 6.42 Å². The fourth-order valence-electron chi connectivity index (χ4n) is 2.34. The topological polar surface area (TPSA) is 25.4 Å². The Labute approximate surface area is 90.1 Å². The lowest BCUT2D eigenvalue weighted by Crippen LogP contribution is -2.22. The predicted octanol–water partition coefficient (Wildman–Crippen LogP) is 1.86. The van der Waals surface area contributed by atoms with Crippen LogP contribution in [0.25, 0.3) is 0 Å². The Morgan fingerprint density at radius 2 is 2.40 bits per heavy atom. The lowest BCUT2D eigenvalue weighted by atomic mass is 10.2. The Morgan fingerprint density at radius 3 is 3.13 bits per heavy atom. The zero-order chi connectivity index (χ0) is 10.3. The summed E-state index contributed by atoms with van der Waals surface area (Å²) in [7, 11) is 1.70. The zero-order valence-corrected chi connectivity index (χ0v) is 9.07. The van der Waals surface area contributed by atoms with E-state index in [2.05, 4.69) is 16.0 Å². The van der Waals surface area contributed by atoms with Gasteiger partial charge in [-0.2, -0.15) is 0 Å². The van der Waals surface area contributed by atoms with Crippen molar-refractivity contribution in [1.29, 1.82) is 0 Å². The van der Waals surface area contributed by atoms with Crippen molar-refractivity contribution in [3.05, 3.63) is 17.8 Å². The largest absolute Gasteiger partial charge is 0.481 e. The monoisotopic (exact) mass is 204 g/mol. The molecule has 0 saturated heterocycles. The molecule has 0 atom stereocenters. The minimum Gasteiger partial charge on any atom is -0.481 e. The van der Waals surface area contributed by atoms with Crippen molar-refractivity contribution in [1.82, 2.24) is 4.98 Å². The van der Waals surface area contributed by atoms with Crippen molar-refractivity contribution in [3.8, 4) is 5.88 Å². The number of anilines is 1. The van der Waals surface area contributed by atoms with Crippen LogP contribution < -0.4 is 9.64 Å². The van der Waals surface area contributed by atoms with Crippen LogP contribution in [0.5, 0.6) is 5.88 Å². The zero-order valence-electron chi connectivity index (χ0n) is 9.07. The molecule has 1 aliphatic carbocycles. The van der Waals surface area contributed by atoms with Crippen LogP contribution in [0, 0.1) is 5.92 Å². The lowest BCUT2D eigenvalue weighted by molar-refractivity contribution is 0.394. The molecular formula is C12H16N2O. The summed E-state index contributed by atoms with van der Waals surface area (Å²) >= 11 is 0. The van der Waals surface area contributed by atoms with Crippen LogP contribution in [0.15, 0.2) is 12.3 Å². The van der Waals surface area contributed by atoms with E-state index >= 15 is 0 Å². The Hall–Kier alpha value is -1.25. The smallest absolute Gasteiger partial charge is 0.218 e. The van der Waals surface area contributed by atoms with Gasteiger partial charge in [0.05, 0.1) is 7.11 Å². The maximum Gasteiger partial charge on any atom is 0.218 e. The Kier molecular flexibility index (Phi) is 2.04. The number of aromatic nitrogens is 1. The number of fused-ring (bicyclic) bond motifs is 1. The van der Waals surface area contributed by atoms with Gasteiger partial charge in [0.25, 0.3) is 0 Å². The molecule has 3 nitrogen and oxygen atoms in total. The van der Waals surface area contributed by atoms with Gasteiger partial charge in [-0.1, -0.05) is 0 Å². The number of pyridine rings is 1. The van der Waals surface area contributed by atoms with Gasteiger partial charge in [-0.05, 0) is 31.2 Å². The van der Waals surface area contributed by atoms with Gasteiger partial charge < -0.3 is 9.64 Å². The number of hydrogen-bond donors (Lipinski definition) is 0. The summed E-state index contributed by atoms with van der Waals surface area (Å²) < 4.78 is 5.29. The average molecular weight is 204 g/mol. The molecule has 0 bridgehead atoms. The van der Waals surface area contributed by atoms with Crippen LogP contribution in [0.3, 0.4) is 0 Å². The lowest BCUT2D eigenvalue weighted by Gasteiger charge is -2.18. The molecule has 0 amide bonds. The third-order valence-electron chi connectivity index (χ3n) is 3.33. The van der Waals surface area contributed by atoms with Gasteiger partial charge >= 0.3 is 0 Å². The normalized spacial score (nSPS) is 19.1. The molecular weight excluding hydrogens is 188 g/mol. The summed E-state index contributed by atoms with van der Waals surface area (Å²) in [5, 5.41) is 0. The van der Waals surface area contributed by atoms with E-state index in [1.807, 2.05) is 6.20 Å². The van der Waals surface area contributed by atoms with Crippen molar-refractivity contribution >= 4 is 5.69 Å². The van der Waals surface area contributed by atoms with E-state index in [1.165, 1.54) is 30.6 Å². The number of rotatable bonds is 3. The van der Waals surface area contributed by atoms with Crippen LogP contribution in [0.2, 0.25) is 0 Å². The van der Waals surface area contributed by atoms with Gasteiger partial charge in [0, 0.05) is 30.5 Å². The Bertz CT molecular complexity index is 374. The van der Waals surface area contributed by atoms with E-state index in [9.17, 15) is 0 Å². The number of ether oxygens (including phenoxy) is 1. The number of hydrogen-bond acceptors (Lipinski definition) is 3. The highest BCUT2D eigenvalue weighted by atomic mass is 16.5. The van der Waals surface area contributed by atoms with Crippen molar-refractivity contribution in [3.63, 3.8) is 0 Å². The van der Waals surface area contributed by atoms with Crippen molar-refractivity contribution < 1.29 is 4.74 Å². The first-order chi connectivity index (χ1) is 7.38. The second-order valence-corrected chi connectivity index (χ2v) is 4.46. The molecule has 15 heavy (non-hydrogen) atoms. The van der Waals surface area contributed by atoms with E-state index < -0.39 is 0 Å². The molecule has 2 heterocycles. The maximum absolute atomic E-state index is 5.29. The molecule has 0 spiro atoms. The SMILES string of the molecule is COc1nccc2c1CCN2CC1CC1. The van der Waals surface area contributed by atoms with Crippen molar-refractivity contribution in [2.75, 3.05) is 25.1 Å². The fraction of sp³-hybridized carbons (Fsp3) is 0.583.